The maximum Gasteiger partial charge on any atom is 0.134 e. The van der Waals surface area contributed by atoms with Crippen molar-refractivity contribution in [2.24, 2.45) is 5.92 Å². The molecule has 2 nitrogen and oxygen atoms in total. The summed E-state index contributed by atoms with van der Waals surface area (Å²) in [5.41, 5.74) is 2.31. The highest BCUT2D eigenvalue weighted by atomic mass is 16.3. The van der Waals surface area contributed by atoms with Crippen LogP contribution in [0.15, 0.2) is 28.7 Å². The van der Waals surface area contributed by atoms with Crippen molar-refractivity contribution in [1.82, 2.24) is 5.32 Å². The van der Waals surface area contributed by atoms with Crippen LogP contribution in [-0.4, -0.2) is 13.1 Å². The molecule has 1 heterocycles. The number of nitrogens with one attached hydrogen (secondary N) is 1. The molecule has 1 unspecified atom stereocenters. The van der Waals surface area contributed by atoms with E-state index in [0.29, 0.717) is 6.04 Å². The monoisotopic (exact) mass is 243 g/mol. The van der Waals surface area contributed by atoms with Gasteiger partial charge >= 0.3 is 0 Å². The van der Waals surface area contributed by atoms with Crippen LogP contribution in [0.2, 0.25) is 0 Å². The Hall–Kier alpha value is -1.28. The Balaban J connectivity index is 1.70. The van der Waals surface area contributed by atoms with Crippen LogP contribution in [0.5, 0.6) is 0 Å². The van der Waals surface area contributed by atoms with E-state index in [0.717, 1.165) is 23.7 Å². The first kappa shape index (κ1) is 11.8. The van der Waals surface area contributed by atoms with E-state index in [9.17, 15) is 0 Å². The minimum atomic E-state index is 0.667. The molecule has 1 aromatic carbocycles. The normalized spacial score (nSPS) is 17.2. The second-order valence-corrected chi connectivity index (χ2v) is 5.53. The smallest absolute Gasteiger partial charge is 0.134 e. The van der Waals surface area contributed by atoms with Gasteiger partial charge in [-0.3, -0.25) is 0 Å². The van der Waals surface area contributed by atoms with Gasteiger partial charge in [0.25, 0.3) is 0 Å². The second kappa shape index (κ2) is 4.77. The van der Waals surface area contributed by atoms with E-state index in [1.54, 1.807) is 0 Å². The average Bonchev–Trinajstić information content (AvgIpc) is 3.10. The largest absolute Gasteiger partial charge is 0.461 e. The Morgan fingerprint density at radius 2 is 2.17 bits per heavy atom. The summed E-state index contributed by atoms with van der Waals surface area (Å²) >= 11 is 0. The molecule has 3 rings (SSSR count). The summed E-state index contributed by atoms with van der Waals surface area (Å²) in [7, 11) is 2.07. The summed E-state index contributed by atoms with van der Waals surface area (Å²) in [5, 5.41) is 4.67. The molecule has 0 bridgehead atoms. The van der Waals surface area contributed by atoms with Gasteiger partial charge in [-0.2, -0.15) is 0 Å². The Labute approximate surface area is 108 Å². The van der Waals surface area contributed by atoms with Gasteiger partial charge in [-0.25, -0.2) is 0 Å². The Kier molecular flexibility index (Phi) is 3.13. The van der Waals surface area contributed by atoms with Gasteiger partial charge in [-0.1, -0.05) is 11.6 Å². The van der Waals surface area contributed by atoms with Gasteiger partial charge in [0.15, 0.2) is 0 Å². The third-order valence-corrected chi connectivity index (χ3v) is 3.99. The molecular formula is C16H21NO. The third kappa shape index (κ3) is 2.44. The molecular weight excluding hydrogens is 222 g/mol. The molecule has 1 atom stereocenters. The second-order valence-electron chi connectivity index (χ2n) is 5.53. The summed E-state index contributed by atoms with van der Waals surface area (Å²) < 4.78 is 5.89. The summed E-state index contributed by atoms with van der Waals surface area (Å²) in [5.74, 6) is 2.03. The molecule has 1 aliphatic carbocycles. The molecule has 0 radical (unpaired) electrons. The van der Waals surface area contributed by atoms with Crippen molar-refractivity contribution >= 4 is 11.0 Å². The fraction of sp³-hybridized carbons (Fsp3) is 0.500. The molecule has 1 fully saturated rings. The molecule has 1 aromatic heterocycles. The number of fused-ring (bicyclic) bond motifs is 1. The molecule has 1 N–H and O–H groups in total. The SMILES string of the molecule is CNC(CCc1cc2cc(C)ccc2o1)C1CC1. The summed E-state index contributed by atoms with van der Waals surface area (Å²) in [6.07, 6.45) is 5.01. The maximum absolute atomic E-state index is 5.89. The van der Waals surface area contributed by atoms with Crippen molar-refractivity contribution in [3.63, 3.8) is 0 Å². The van der Waals surface area contributed by atoms with E-state index in [-0.39, 0.29) is 0 Å². The maximum atomic E-state index is 5.89. The predicted molar refractivity (Wildman–Crippen MR) is 74.8 cm³/mol. The molecule has 0 aliphatic heterocycles. The lowest BCUT2D eigenvalue weighted by molar-refractivity contribution is 0.444. The van der Waals surface area contributed by atoms with E-state index in [1.165, 1.54) is 30.2 Å². The van der Waals surface area contributed by atoms with E-state index in [1.807, 2.05) is 0 Å². The summed E-state index contributed by atoms with van der Waals surface area (Å²) in [6, 6.07) is 9.24. The number of furan rings is 1. The van der Waals surface area contributed by atoms with Crippen LogP contribution < -0.4 is 5.32 Å². The van der Waals surface area contributed by atoms with Gasteiger partial charge < -0.3 is 9.73 Å². The van der Waals surface area contributed by atoms with Gasteiger partial charge in [0.2, 0.25) is 0 Å². The van der Waals surface area contributed by atoms with Gasteiger partial charge in [-0.15, -0.1) is 0 Å². The predicted octanol–water partition coefficient (Wildman–Crippen LogP) is 3.67. The Morgan fingerprint density at radius 1 is 1.33 bits per heavy atom. The molecule has 0 spiro atoms. The van der Waals surface area contributed by atoms with Crippen LogP contribution in [0.3, 0.4) is 0 Å². The molecule has 0 saturated heterocycles. The van der Waals surface area contributed by atoms with Gasteiger partial charge in [0.1, 0.15) is 11.3 Å². The minimum absolute atomic E-state index is 0.667. The summed E-state index contributed by atoms with van der Waals surface area (Å²) in [6.45, 7) is 2.12. The van der Waals surface area contributed by atoms with Crippen LogP contribution in [0.25, 0.3) is 11.0 Å². The average molecular weight is 243 g/mol. The third-order valence-electron chi connectivity index (χ3n) is 3.99. The molecule has 18 heavy (non-hydrogen) atoms. The van der Waals surface area contributed by atoms with Crippen molar-refractivity contribution in [2.75, 3.05) is 7.05 Å². The highest BCUT2D eigenvalue weighted by Crippen LogP contribution is 2.34. The van der Waals surface area contributed by atoms with E-state index in [4.69, 9.17) is 4.42 Å². The fourth-order valence-corrected chi connectivity index (χ4v) is 2.75. The molecule has 2 aromatic rings. The zero-order valence-corrected chi connectivity index (χ0v) is 11.2. The van der Waals surface area contributed by atoms with E-state index < -0.39 is 0 Å². The first-order valence-corrected chi connectivity index (χ1v) is 6.92. The fourth-order valence-electron chi connectivity index (χ4n) is 2.75. The number of rotatable bonds is 5. The highest BCUT2D eigenvalue weighted by Gasteiger charge is 2.29. The quantitative estimate of drug-likeness (QED) is 0.866. The Bertz CT molecular complexity index is 539. The first-order valence-electron chi connectivity index (χ1n) is 6.92. The molecule has 0 amide bonds. The first-order chi connectivity index (χ1) is 8.76. The highest BCUT2D eigenvalue weighted by molar-refractivity contribution is 5.78. The molecule has 1 aliphatic rings. The standard InChI is InChI=1S/C16H21NO/c1-11-3-8-16-13(9-11)10-14(18-16)6-7-15(17-2)12-4-5-12/h3,8-10,12,15,17H,4-7H2,1-2H3. The van der Waals surface area contributed by atoms with Gasteiger partial charge in [0.05, 0.1) is 0 Å². The zero-order valence-electron chi connectivity index (χ0n) is 11.2. The van der Waals surface area contributed by atoms with Crippen molar-refractivity contribution in [3.05, 3.63) is 35.6 Å². The molecule has 1 saturated carbocycles. The number of benzene rings is 1. The van der Waals surface area contributed by atoms with Crippen molar-refractivity contribution < 1.29 is 4.42 Å². The van der Waals surface area contributed by atoms with Crippen LogP contribution in [-0.2, 0) is 6.42 Å². The molecule has 96 valence electrons. The van der Waals surface area contributed by atoms with Crippen molar-refractivity contribution in [3.8, 4) is 0 Å². The van der Waals surface area contributed by atoms with E-state index in [2.05, 4.69) is 43.6 Å². The minimum Gasteiger partial charge on any atom is -0.461 e. The van der Waals surface area contributed by atoms with Gasteiger partial charge in [-0.05, 0) is 57.4 Å². The lowest BCUT2D eigenvalue weighted by Crippen LogP contribution is -2.27. The van der Waals surface area contributed by atoms with Crippen molar-refractivity contribution in [1.29, 1.82) is 0 Å². The Morgan fingerprint density at radius 3 is 2.89 bits per heavy atom. The zero-order chi connectivity index (χ0) is 12.5. The van der Waals surface area contributed by atoms with E-state index >= 15 is 0 Å². The van der Waals surface area contributed by atoms with Crippen LogP contribution in [0.1, 0.15) is 30.6 Å². The number of hydrogen-bond acceptors (Lipinski definition) is 2. The van der Waals surface area contributed by atoms with Gasteiger partial charge in [0, 0.05) is 17.8 Å². The van der Waals surface area contributed by atoms with Crippen LogP contribution >= 0.6 is 0 Å². The lowest BCUT2D eigenvalue weighted by atomic mass is 10.1. The topological polar surface area (TPSA) is 25.2 Å². The van der Waals surface area contributed by atoms with Crippen molar-refractivity contribution in [2.45, 2.75) is 38.6 Å². The van der Waals surface area contributed by atoms with Crippen LogP contribution in [0.4, 0.5) is 0 Å². The lowest BCUT2D eigenvalue weighted by Gasteiger charge is -2.13. The van der Waals surface area contributed by atoms with Crippen LogP contribution in [0, 0.1) is 12.8 Å². The summed E-state index contributed by atoms with van der Waals surface area (Å²) in [4.78, 5) is 0. The molecule has 2 heteroatoms. The number of hydrogen-bond donors (Lipinski definition) is 1. The number of aryl methyl sites for hydroxylation is 2.